The molecule has 0 spiro atoms. The van der Waals surface area contributed by atoms with Gasteiger partial charge in [0.2, 0.25) is 0 Å². The zero-order chi connectivity index (χ0) is 23.4. The molecule has 0 aliphatic rings. The maximum Gasteiger partial charge on any atom is 0.259 e. The van der Waals surface area contributed by atoms with Crippen LogP contribution >= 0.6 is 0 Å². The number of aromatic nitrogens is 2. The van der Waals surface area contributed by atoms with Crippen LogP contribution in [-0.2, 0) is 4.79 Å². The number of hydrogen-bond donors (Lipinski definition) is 2. The molecule has 4 rings (SSSR count). The molecule has 0 saturated carbocycles. The molecular formula is C26H24N4O3. The van der Waals surface area contributed by atoms with Crippen LogP contribution in [0.1, 0.15) is 21.5 Å². The molecule has 7 heteroatoms. The van der Waals surface area contributed by atoms with E-state index in [1.54, 1.807) is 35.1 Å². The van der Waals surface area contributed by atoms with Crippen LogP contribution in [0.15, 0.2) is 79.0 Å². The first kappa shape index (κ1) is 21.8. The molecule has 4 aromatic rings. The first-order chi connectivity index (χ1) is 15.9. The average Bonchev–Trinajstić information content (AvgIpc) is 3.24. The molecule has 3 aromatic carbocycles. The van der Waals surface area contributed by atoms with Crippen molar-refractivity contribution in [2.24, 2.45) is 5.73 Å². The van der Waals surface area contributed by atoms with Gasteiger partial charge < -0.3 is 15.8 Å². The number of nitrogens with one attached hydrogen (secondary N) is 1. The highest BCUT2D eigenvalue weighted by atomic mass is 16.5. The summed E-state index contributed by atoms with van der Waals surface area (Å²) in [5.41, 5.74) is 10.6. The second-order valence-corrected chi connectivity index (χ2v) is 7.73. The zero-order valence-corrected chi connectivity index (χ0v) is 18.4. The highest BCUT2D eigenvalue weighted by Crippen LogP contribution is 2.28. The van der Waals surface area contributed by atoms with E-state index in [9.17, 15) is 9.59 Å². The third-order valence-corrected chi connectivity index (χ3v) is 5.09. The zero-order valence-electron chi connectivity index (χ0n) is 18.4. The van der Waals surface area contributed by atoms with Crippen molar-refractivity contribution in [3.05, 3.63) is 95.7 Å². The van der Waals surface area contributed by atoms with Crippen molar-refractivity contribution in [1.82, 2.24) is 9.78 Å². The molecule has 0 aliphatic heterocycles. The summed E-state index contributed by atoms with van der Waals surface area (Å²) >= 11 is 0. The minimum atomic E-state index is -0.573. The first-order valence-corrected chi connectivity index (χ1v) is 10.5. The molecular weight excluding hydrogens is 416 g/mol. The van der Waals surface area contributed by atoms with Crippen molar-refractivity contribution in [2.75, 3.05) is 11.9 Å². The van der Waals surface area contributed by atoms with Gasteiger partial charge in [0.25, 0.3) is 11.8 Å². The Balaban J connectivity index is 1.70. The summed E-state index contributed by atoms with van der Waals surface area (Å²) in [7, 11) is 0. The molecule has 2 amide bonds. The lowest BCUT2D eigenvalue weighted by molar-refractivity contribution is -0.119. The van der Waals surface area contributed by atoms with Crippen LogP contribution in [0.2, 0.25) is 0 Å². The van der Waals surface area contributed by atoms with Crippen molar-refractivity contribution in [3.8, 4) is 22.7 Å². The lowest BCUT2D eigenvalue weighted by atomic mass is 10.0. The topological polar surface area (TPSA) is 99.2 Å². The number of nitrogens with two attached hydrogens (primary N) is 1. The van der Waals surface area contributed by atoms with Crippen molar-refractivity contribution in [2.45, 2.75) is 13.8 Å². The Kier molecular flexibility index (Phi) is 6.22. The highest BCUT2D eigenvalue weighted by molar-refractivity contribution is 6.08. The van der Waals surface area contributed by atoms with E-state index in [1.807, 2.05) is 56.3 Å². The number of nitrogens with zero attached hydrogens (tertiary/aromatic N) is 2. The van der Waals surface area contributed by atoms with Gasteiger partial charge in [-0.3, -0.25) is 9.59 Å². The molecule has 166 valence electrons. The van der Waals surface area contributed by atoms with E-state index in [2.05, 4.69) is 11.4 Å². The fraction of sp³-hybridized carbons (Fsp3) is 0.115. The van der Waals surface area contributed by atoms with E-state index < -0.39 is 5.91 Å². The first-order valence-electron chi connectivity index (χ1n) is 10.5. The maximum atomic E-state index is 13.3. The normalized spacial score (nSPS) is 10.6. The quantitative estimate of drug-likeness (QED) is 0.448. The molecule has 1 heterocycles. The number of rotatable bonds is 7. The lowest BCUT2D eigenvalue weighted by Gasteiger charge is -2.09. The highest BCUT2D eigenvalue weighted by Gasteiger charge is 2.20. The molecule has 7 nitrogen and oxygen atoms in total. The number of anilines is 1. The van der Waals surface area contributed by atoms with Gasteiger partial charge in [-0.1, -0.05) is 48.0 Å². The minimum Gasteiger partial charge on any atom is -0.484 e. The van der Waals surface area contributed by atoms with Crippen LogP contribution in [0.25, 0.3) is 16.9 Å². The lowest BCUT2D eigenvalue weighted by Crippen LogP contribution is -2.20. The predicted molar refractivity (Wildman–Crippen MR) is 128 cm³/mol. The number of ether oxygens (including phenoxy) is 1. The van der Waals surface area contributed by atoms with Crippen LogP contribution in [0, 0.1) is 13.8 Å². The second kappa shape index (κ2) is 9.40. The largest absolute Gasteiger partial charge is 0.484 e. The second-order valence-electron chi connectivity index (χ2n) is 7.73. The van der Waals surface area contributed by atoms with Gasteiger partial charge in [-0.2, -0.15) is 5.10 Å². The third kappa shape index (κ3) is 5.10. The Morgan fingerprint density at radius 2 is 1.79 bits per heavy atom. The molecule has 3 N–H and O–H groups in total. The molecule has 0 radical (unpaired) electrons. The fourth-order valence-electron chi connectivity index (χ4n) is 3.55. The Bertz CT molecular complexity index is 1310. The number of carbonyl (C=O) groups is 2. The maximum absolute atomic E-state index is 13.3. The SMILES string of the molecule is Cc1ccc(-c2nn(-c3ccccc3)cc2C(=O)Nc2cccc(OCC(N)=O)c2)c(C)c1. The van der Waals surface area contributed by atoms with Crippen molar-refractivity contribution >= 4 is 17.5 Å². The molecule has 33 heavy (non-hydrogen) atoms. The van der Waals surface area contributed by atoms with Gasteiger partial charge in [-0.15, -0.1) is 0 Å². The number of primary amides is 1. The number of aryl methyl sites for hydroxylation is 2. The van der Waals surface area contributed by atoms with E-state index in [0.29, 0.717) is 22.7 Å². The van der Waals surface area contributed by atoms with Gasteiger partial charge in [0.1, 0.15) is 11.4 Å². The number of amides is 2. The minimum absolute atomic E-state index is 0.238. The number of benzene rings is 3. The Hall–Kier alpha value is -4.39. The average molecular weight is 441 g/mol. The van der Waals surface area contributed by atoms with E-state index in [1.165, 1.54) is 0 Å². The smallest absolute Gasteiger partial charge is 0.259 e. The Labute approximate surface area is 191 Å². The van der Waals surface area contributed by atoms with Crippen molar-refractivity contribution < 1.29 is 14.3 Å². The molecule has 0 saturated heterocycles. The van der Waals surface area contributed by atoms with Crippen LogP contribution < -0.4 is 15.8 Å². The Morgan fingerprint density at radius 1 is 1.00 bits per heavy atom. The number of hydrogen-bond acceptors (Lipinski definition) is 4. The Morgan fingerprint density at radius 3 is 2.52 bits per heavy atom. The van der Waals surface area contributed by atoms with Crippen LogP contribution in [0.4, 0.5) is 5.69 Å². The summed E-state index contributed by atoms with van der Waals surface area (Å²) in [5, 5.41) is 7.65. The van der Waals surface area contributed by atoms with E-state index >= 15 is 0 Å². The van der Waals surface area contributed by atoms with Crippen LogP contribution in [0.3, 0.4) is 0 Å². The monoisotopic (exact) mass is 440 g/mol. The van der Waals surface area contributed by atoms with Crippen LogP contribution in [0.5, 0.6) is 5.75 Å². The summed E-state index contributed by atoms with van der Waals surface area (Å²) in [6, 6.07) is 22.5. The van der Waals surface area contributed by atoms with Gasteiger partial charge in [0.05, 0.1) is 11.3 Å². The van der Waals surface area contributed by atoms with Gasteiger partial charge in [0, 0.05) is 23.5 Å². The molecule has 0 unspecified atom stereocenters. The molecule has 1 aromatic heterocycles. The number of carbonyl (C=O) groups excluding carboxylic acids is 2. The van der Waals surface area contributed by atoms with E-state index in [0.717, 1.165) is 22.4 Å². The van der Waals surface area contributed by atoms with Crippen molar-refractivity contribution in [1.29, 1.82) is 0 Å². The fourth-order valence-corrected chi connectivity index (χ4v) is 3.55. The van der Waals surface area contributed by atoms with Gasteiger partial charge in [-0.25, -0.2) is 4.68 Å². The summed E-state index contributed by atoms with van der Waals surface area (Å²) in [6.45, 7) is 3.80. The standard InChI is InChI=1S/C26H24N4O3/c1-17-11-12-22(18(2)13-17)25-23(15-30(29-25)20-8-4-3-5-9-20)26(32)28-19-7-6-10-21(14-19)33-16-24(27)31/h3-15H,16H2,1-2H3,(H2,27,31)(H,28,32). The molecule has 0 aliphatic carbocycles. The summed E-state index contributed by atoms with van der Waals surface area (Å²) in [6.07, 6.45) is 1.73. The number of para-hydroxylation sites is 1. The van der Waals surface area contributed by atoms with Crippen LogP contribution in [-0.4, -0.2) is 28.2 Å². The van der Waals surface area contributed by atoms with Crippen molar-refractivity contribution in [3.63, 3.8) is 0 Å². The molecule has 0 fully saturated rings. The molecule has 0 bridgehead atoms. The summed E-state index contributed by atoms with van der Waals surface area (Å²) in [4.78, 5) is 24.3. The van der Waals surface area contributed by atoms with Gasteiger partial charge in [-0.05, 0) is 43.7 Å². The predicted octanol–water partition coefficient (Wildman–Crippen LogP) is 4.27. The summed E-state index contributed by atoms with van der Waals surface area (Å²) < 4.78 is 7.04. The third-order valence-electron chi connectivity index (χ3n) is 5.09. The van der Waals surface area contributed by atoms with Gasteiger partial charge in [0.15, 0.2) is 6.61 Å². The van der Waals surface area contributed by atoms with E-state index in [4.69, 9.17) is 15.6 Å². The van der Waals surface area contributed by atoms with Gasteiger partial charge >= 0.3 is 0 Å². The summed E-state index contributed by atoms with van der Waals surface area (Å²) in [5.74, 6) is -0.448. The van der Waals surface area contributed by atoms with E-state index in [-0.39, 0.29) is 12.5 Å². The molecule has 0 atom stereocenters.